The van der Waals surface area contributed by atoms with Gasteiger partial charge in [-0.3, -0.25) is 18.7 Å². The van der Waals surface area contributed by atoms with Crippen molar-refractivity contribution in [1.82, 2.24) is 19.1 Å². The lowest BCUT2D eigenvalue weighted by molar-refractivity contribution is 0.0874. The molecule has 6 nitrogen and oxygen atoms in total. The van der Waals surface area contributed by atoms with Gasteiger partial charge in [0.05, 0.1) is 33.9 Å². The highest BCUT2D eigenvalue weighted by Crippen LogP contribution is 2.51. The van der Waals surface area contributed by atoms with E-state index in [0.29, 0.717) is 43.8 Å². The lowest BCUT2D eigenvalue weighted by atomic mass is 9.73. The van der Waals surface area contributed by atoms with Gasteiger partial charge >= 0.3 is 0 Å². The Bertz CT molecular complexity index is 1710. The highest BCUT2D eigenvalue weighted by molar-refractivity contribution is 6.31. The van der Waals surface area contributed by atoms with E-state index in [1.165, 1.54) is 0 Å². The van der Waals surface area contributed by atoms with Crippen molar-refractivity contribution in [2.24, 2.45) is 0 Å². The zero-order valence-corrected chi connectivity index (χ0v) is 18.8. The number of carbonyl (C=O) groups is 2. The minimum Gasteiger partial charge on any atom is -0.273 e. The normalized spacial score (nSPS) is 19.5. The molecule has 3 aromatic carbocycles. The summed E-state index contributed by atoms with van der Waals surface area (Å²) >= 11 is 12.4. The van der Waals surface area contributed by atoms with Gasteiger partial charge in [-0.2, -0.15) is 0 Å². The molecule has 0 spiro atoms. The summed E-state index contributed by atoms with van der Waals surface area (Å²) in [7, 11) is 0. The van der Waals surface area contributed by atoms with Crippen molar-refractivity contribution in [3.8, 4) is 22.8 Å². The Balaban J connectivity index is 1.48. The van der Waals surface area contributed by atoms with Crippen molar-refractivity contribution in [2.45, 2.75) is 11.8 Å². The van der Waals surface area contributed by atoms with Crippen LogP contribution in [0.1, 0.15) is 32.6 Å². The number of nitrogens with zero attached hydrogens (tertiary/aromatic N) is 4. The molecular weight excluding hydrogens is 471 g/mol. The van der Waals surface area contributed by atoms with Gasteiger partial charge in [-0.05, 0) is 47.5 Å². The summed E-state index contributed by atoms with van der Waals surface area (Å²) in [5, 5.41) is 1.09. The van der Waals surface area contributed by atoms with Gasteiger partial charge in [-0.1, -0.05) is 47.5 Å². The van der Waals surface area contributed by atoms with Crippen LogP contribution in [0, 0.1) is 0 Å². The molecule has 8 rings (SSSR count). The third-order valence-corrected chi connectivity index (χ3v) is 7.56. The number of benzene rings is 3. The fourth-order valence-corrected chi connectivity index (χ4v) is 6.04. The molecule has 0 fully saturated rings. The first-order valence-corrected chi connectivity index (χ1v) is 11.6. The third-order valence-electron chi connectivity index (χ3n) is 7.09. The van der Waals surface area contributed by atoms with Gasteiger partial charge in [0.25, 0.3) is 0 Å². The van der Waals surface area contributed by atoms with Gasteiger partial charge in [-0.15, -0.1) is 0 Å². The summed E-state index contributed by atoms with van der Waals surface area (Å²) in [4.78, 5) is 37.0. The smallest absolute Gasteiger partial charge is 0.244 e. The van der Waals surface area contributed by atoms with Crippen LogP contribution in [0.2, 0.25) is 10.0 Å². The Morgan fingerprint density at radius 3 is 1.53 bits per heavy atom. The van der Waals surface area contributed by atoms with E-state index in [0.717, 1.165) is 22.3 Å². The average molecular weight is 483 g/mol. The number of allylic oxidation sites excluding steroid dienone is 2. The Kier molecular flexibility index (Phi) is 3.31. The van der Waals surface area contributed by atoms with Crippen molar-refractivity contribution >= 4 is 57.1 Å². The number of carbonyl (C=O) groups excluding carboxylic acids is 2. The zero-order valence-electron chi connectivity index (χ0n) is 17.3. The zero-order chi connectivity index (χ0) is 22.9. The first-order chi connectivity index (χ1) is 16.5. The fraction of sp³-hybridized carbons (Fsp3) is 0.0769. The lowest BCUT2D eigenvalue weighted by Crippen LogP contribution is -2.33. The second-order valence-corrected chi connectivity index (χ2v) is 9.69. The van der Waals surface area contributed by atoms with Crippen LogP contribution in [0.15, 0.2) is 60.7 Å². The van der Waals surface area contributed by atoms with E-state index in [4.69, 9.17) is 33.2 Å². The van der Waals surface area contributed by atoms with Crippen molar-refractivity contribution in [2.75, 3.05) is 0 Å². The van der Waals surface area contributed by atoms with Crippen molar-refractivity contribution in [3.63, 3.8) is 0 Å². The summed E-state index contributed by atoms with van der Waals surface area (Å²) in [5.41, 5.74) is 6.15. The second kappa shape index (κ2) is 6.03. The van der Waals surface area contributed by atoms with E-state index in [1.54, 1.807) is 33.4 Å². The van der Waals surface area contributed by atoms with Crippen molar-refractivity contribution in [3.05, 3.63) is 81.9 Å². The molecule has 162 valence electrons. The molecule has 8 heteroatoms. The largest absolute Gasteiger partial charge is 0.273 e. The topological polar surface area (TPSA) is 69.8 Å². The highest BCUT2D eigenvalue weighted by atomic mass is 35.5. The quantitative estimate of drug-likeness (QED) is 0.251. The maximum absolute atomic E-state index is 13.7. The average Bonchev–Trinajstić information content (AvgIpc) is 3.39. The molecule has 0 radical (unpaired) electrons. The van der Waals surface area contributed by atoms with E-state index in [-0.39, 0.29) is 11.8 Å². The Morgan fingerprint density at radius 1 is 0.647 bits per heavy atom. The first kappa shape index (κ1) is 18.7. The lowest BCUT2D eigenvalue weighted by Gasteiger charge is -2.35. The monoisotopic (exact) mass is 482 g/mol. The molecule has 0 amide bonds. The van der Waals surface area contributed by atoms with E-state index in [2.05, 4.69) is 0 Å². The highest BCUT2D eigenvalue weighted by Gasteiger charge is 2.44. The molecule has 2 unspecified atom stereocenters. The van der Waals surface area contributed by atoms with Crippen LogP contribution >= 0.6 is 23.2 Å². The number of aromatic nitrogens is 4. The van der Waals surface area contributed by atoms with Gasteiger partial charge in [0.2, 0.25) is 11.8 Å². The van der Waals surface area contributed by atoms with E-state index >= 15 is 0 Å². The standard InChI is InChI=1S/C26H12Cl2N4O2/c27-11-1-7-17-19(9-11)31-23(29-17)13-3-4-14-22-16(6-5-15(21(13)22)25(31)33)26(34)32-20-10-12(28)2-8-18(20)30-24(14)32/h1-10,15-16H. The Morgan fingerprint density at radius 2 is 1.09 bits per heavy atom. The van der Waals surface area contributed by atoms with Gasteiger partial charge in [0, 0.05) is 21.2 Å². The molecule has 2 aliphatic heterocycles. The summed E-state index contributed by atoms with van der Waals surface area (Å²) in [5.74, 6) is -0.0822. The molecule has 0 saturated carbocycles. The number of fused-ring (bicyclic) bond motifs is 8. The van der Waals surface area contributed by atoms with Gasteiger partial charge in [0.15, 0.2) is 0 Å². The SMILES string of the molecule is O=C1C2C=CC3C(=O)n4c(nc5ccc(Cl)cc54)-c4ccc(c2c43)-c2nc3ccc(Cl)cc3n21. The van der Waals surface area contributed by atoms with E-state index in [1.807, 2.05) is 36.4 Å². The van der Waals surface area contributed by atoms with Gasteiger partial charge in [0.1, 0.15) is 11.6 Å². The molecule has 0 saturated heterocycles. The molecule has 5 aromatic rings. The maximum Gasteiger partial charge on any atom is 0.244 e. The van der Waals surface area contributed by atoms with E-state index < -0.39 is 11.8 Å². The van der Waals surface area contributed by atoms with Gasteiger partial charge in [-0.25, -0.2) is 9.97 Å². The van der Waals surface area contributed by atoms with Crippen LogP contribution in [-0.2, 0) is 0 Å². The van der Waals surface area contributed by atoms with Crippen molar-refractivity contribution in [1.29, 1.82) is 0 Å². The Hall–Kier alpha value is -3.74. The first-order valence-electron chi connectivity index (χ1n) is 10.8. The van der Waals surface area contributed by atoms with Crippen molar-refractivity contribution < 1.29 is 9.59 Å². The summed E-state index contributed by atoms with van der Waals surface area (Å²) in [6.07, 6.45) is 3.69. The molecule has 2 aromatic heterocycles. The number of rotatable bonds is 0. The number of hydrogen-bond acceptors (Lipinski definition) is 4. The molecule has 0 bridgehead atoms. The van der Waals surface area contributed by atoms with Crippen LogP contribution < -0.4 is 0 Å². The number of imidazole rings is 2. The minimum absolute atomic E-state index is 0.103. The summed E-state index contributed by atoms with van der Waals surface area (Å²) in [6.45, 7) is 0. The minimum atomic E-state index is -0.511. The Labute approximate surface area is 202 Å². The van der Waals surface area contributed by atoms with Crippen LogP contribution in [0.5, 0.6) is 0 Å². The van der Waals surface area contributed by atoms with Crippen LogP contribution in [0.25, 0.3) is 44.8 Å². The summed E-state index contributed by atoms with van der Waals surface area (Å²) < 4.78 is 3.29. The van der Waals surface area contributed by atoms with Gasteiger partial charge < -0.3 is 0 Å². The molecule has 3 aliphatic rings. The molecule has 1 aliphatic carbocycles. The molecular formula is C26H12Cl2N4O2. The number of hydrogen-bond donors (Lipinski definition) is 0. The molecule has 0 N–H and O–H groups in total. The maximum atomic E-state index is 13.7. The fourth-order valence-electron chi connectivity index (χ4n) is 5.71. The van der Waals surface area contributed by atoms with E-state index in [9.17, 15) is 9.59 Å². The molecule has 2 atom stereocenters. The van der Waals surface area contributed by atoms with Crippen LogP contribution in [0.4, 0.5) is 0 Å². The van der Waals surface area contributed by atoms with Crippen LogP contribution in [-0.4, -0.2) is 30.9 Å². The predicted molar refractivity (Wildman–Crippen MR) is 130 cm³/mol. The third kappa shape index (κ3) is 2.09. The molecule has 34 heavy (non-hydrogen) atoms. The molecule has 4 heterocycles. The van der Waals surface area contributed by atoms with Crippen LogP contribution in [0.3, 0.4) is 0 Å². The number of halogens is 2. The second-order valence-electron chi connectivity index (χ2n) is 8.81. The predicted octanol–water partition coefficient (Wildman–Crippen LogP) is 6.07. The summed E-state index contributed by atoms with van der Waals surface area (Å²) in [6, 6.07) is 14.7.